The maximum Gasteiger partial charge on any atom is 0.201 e. The minimum atomic E-state index is -1.000. The van der Waals surface area contributed by atoms with Crippen LogP contribution in [0.1, 0.15) is 49.2 Å². The topological polar surface area (TPSA) is 27.7 Å². The molecule has 0 aromatic heterocycles. The summed E-state index contributed by atoms with van der Waals surface area (Å²) >= 11 is 0. The van der Waals surface area contributed by atoms with Gasteiger partial charge in [-0.25, -0.2) is 4.39 Å². The zero-order valence-corrected chi connectivity index (χ0v) is 15.1. The second-order valence-corrected chi connectivity index (χ2v) is 6.42. The maximum atomic E-state index is 14.4. The summed E-state index contributed by atoms with van der Waals surface area (Å²) in [6.07, 6.45) is 0.803. The number of hydrogen-bond acceptors (Lipinski definition) is 3. The van der Waals surface area contributed by atoms with Crippen molar-refractivity contribution in [3.05, 3.63) is 64.7 Å². The quantitative estimate of drug-likeness (QED) is 0.712. The molecule has 1 aliphatic rings. The van der Waals surface area contributed by atoms with Gasteiger partial charge in [0.05, 0.1) is 19.8 Å². The van der Waals surface area contributed by atoms with Crippen molar-refractivity contribution in [2.45, 2.75) is 38.9 Å². The molecule has 0 radical (unpaired) electrons. The monoisotopic (exact) mass is 362 g/mol. The van der Waals surface area contributed by atoms with Gasteiger partial charge in [-0.05, 0) is 36.1 Å². The average Bonchev–Trinajstić information content (AvgIpc) is 2.69. The minimum absolute atomic E-state index is 0.0612. The molecule has 26 heavy (non-hydrogen) atoms. The van der Waals surface area contributed by atoms with Crippen molar-refractivity contribution >= 4 is 0 Å². The molecule has 1 fully saturated rings. The van der Waals surface area contributed by atoms with Gasteiger partial charge in [0.15, 0.2) is 17.9 Å². The van der Waals surface area contributed by atoms with Crippen molar-refractivity contribution in [3.63, 3.8) is 0 Å². The fourth-order valence-corrected chi connectivity index (χ4v) is 2.95. The van der Waals surface area contributed by atoms with Gasteiger partial charge < -0.3 is 14.2 Å². The normalized spacial score (nSPS) is 20.2. The smallest absolute Gasteiger partial charge is 0.201 e. The Hall–Kier alpha value is -1.98. The number of hydrogen-bond donors (Lipinski definition) is 0. The van der Waals surface area contributed by atoms with Crippen molar-refractivity contribution in [1.82, 2.24) is 0 Å². The summed E-state index contributed by atoms with van der Waals surface area (Å²) in [6.45, 7) is 5.14. The van der Waals surface area contributed by atoms with E-state index in [1.165, 1.54) is 17.7 Å². The molecule has 0 atom stereocenters. The molecular weight excluding hydrogens is 338 g/mol. The molecule has 1 heterocycles. The lowest BCUT2D eigenvalue weighted by molar-refractivity contribution is -0.193. The van der Waals surface area contributed by atoms with E-state index in [4.69, 9.17) is 14.2 Å². The molecule has 3 rings (SSSR count). The second kappa shape index (κ2) is 8.60. The lowest BCUT2D eigenvalue weighted by Crippen LogP contribution is -2.26. The zero-order chi connectivity index (χ0) is 18.5. The van der Waals surface area contributed by atoms with E-state index in [2.05, 4.69) is 31.2 Å². The molecule has 140 valence electrons. The van der Waals surface area contributed by atoms with E-state index >= 15 is 0 Å². The van der Waals surface area contributed by atoms with Gasteiger partial charge in [0.2, 0.25) is 5.82 Å². The molecule has 2 aromatic rings. The number of ether oxygens (including phenoxy) is 3. The molecule has 3 nitrogen and oxygen atoms in total. The van der Waals surface area contributed by atoms with Gasteiger partial charge in [-0.2, -0.15) is 4.39 Å². The van der Waals surface area contributed by atoms with E-state index in [1.54, 1.807) is 0 Å². The van der Waals surface area contributed by atoms with Crippen LogP contribution in [0, 0.1) is 11.6 Å². The summed E-state index contributed by atoms with van der Waals surface area (Å²) in [6, 6.07) is 11.2. The fourth-order valence-electron chi connectivity index (χ4n) is 2.95. The Bertz CT molecular complexity index is 723. The van der Waals surface area contributed by atoms with Crippen LogP contribution in [-0.2, 0) is 15.9 Å². The van der Waals surface area contributed by atoms with Crippen LogP contribution in [0.4, 0.5) is 8.78 Å². The largest absolute Gasteiger partial charge is 0.490 e. The first-order valence-corrected chi connectivity index (χ1v) is 9.06. The molecular formula is C21H24F2O3. The van der Waals surface area contributed by atoms with E-state index in [0.29, 0.717) is 19.8 Å². The third kappa shape index (κ3) is 4.05. The molecule has 0 N–H and O–H groups in total. The third-order valence-electron chi connectivity index (χ3n) is 4.55. The van der Waals surface area contributed by atoms with Crippen LogP contribution in [0.25, 0.3) is 0 Å². The van der Waals surface area contributed by atoms with Crippen LogP contribution in [-0.4, -0.2) is 19.8 Å². The molecule has 0 aliphatic carbocycles. The van der Waals surface area contributed by atoms with Crippen LogP contribution < -0.4 is 4.74 Å². The van der Waals surface area contributed by atoms with E-state index in [1.807, 2.05) is 6.92 Å². The molecule has 0 amide bonds. The molecule has 0 bridgehead atoms. The summed E-state index contributed by atoms with van der Waals surface area (Å²) in [5.41, 5.74) is 2.45. The second-order valence-electron chi connectivity index (χ2n) is 6.42. The zero-order valence-electron chi connectivity index (χ0n) is 15.1. The van der Waals surface area contributed by atoms with Crippen LogP contribution in [0.2, 0.25) is 0 Å². The fraction of sp³-hybridized carbons (Fsp3) is 0.429. The van der Waals surface area contributed by atoms with Gasteiger partial charge in [0, 0.05) is 11.5 Å². The number of benzene rings is 2. The maximum absolute atomic E-state index is 14.4. The first-order chi connectivity index (χ1) is 12.6. The molecule has 0 unspecified atom stereocenters. The highest BCUT2D eigenvalue weighted by molar-refractivity contribution is 5.32. The standard InChI is InChI=1S/C21H24F2O3/c1-3-11-24-18-10-9-17(19(22)20(18)23)21-25-12-16(13-26-21)15-7-5-14(4-2)6-8-15/h5-10,16,21H,3-4,11-13H2,1-2H3. The van der Waals surface area contributed by atoms with E-state index in [0.717, 1.165) is 18.4 Å². The predicted molar refractivity (Wildman–Crippen MR) is 95.4 cm³/mol. The molecule has 2 aromatic carbocycles. The Balaban J connectivity index is 1.66. The van der Waals surface area contributed by atoms with Crippen molar-refractivity contribution in [3.8, 4) is 5.75 Å². The Morgan fingerprint density at radius 3 is 2.27 bits per heavy atom. The van der Waals surface area contributed by atoms with Gasteiger partial charge in [-0.3, -0.25) is 0 Å². The molecule has 0 spiro atoms. The van der Waals surface area contributed by atoms with E-state index < -0.39 is 17.9 Å². The third-order valence-corrected chi connectivity index (χ3v) is 4.55. The van der Waals surface area contributed by atoms with Crippen LogP contribution in [0.3, 0.4) is 0 Å². The van der Waals surface area contributed by atoms with Gasteiger partial charge in [-0.15, -0.1) is 0 Å². The molecule has 0 saturated carbocycles. The van der Waals surface area contributed by atoms with Crippen LogP contribution in [0.15, 0.2) is 36.4 Å². The summed E-state index contributed by atoms with van der Waals surface area (Å²) in [5, 5.41) is 0. The lowest BCUT2D eigenvalue weighted by Gasteiger charge is -2.30. The first-order valence-electron chi connectivity index (χ1n) is 9.06. The van der Waals surface area contributed by atoms with Crippen molar-refractivity contribution < 1.29 is 23.0 Å². The average molecular weight is 362 g/mol. The Morgan fingerprint density at radius 1 is 0.962 bits per heavy atom. The number of halogens is 2. The van der Waals surface area contributed by atoms with Gasteiger partial charge in [0.25, 0.3) is 0 Å². The first kappa shape index (κ1) is 18.8. The Kier molecular flexibility index (Phi) is 6.22. The highest BCUT2D eigenvalue weighted by Crippen LogP contribution is 2.34. The van der Waals surface area contributed by atoms with Crippen molar-refractivity contribution in [2.24, 2.45) is 0 Å². The summed E-state index contributed by atoms with van der Waals surface area (Å²) in [4.78, 5) is 0. The lowest BCUT2D eigenvalue weighted by atomic mass is 9.98. The van der Waals surface area contributed by atoms with Crippen molar-refractivity contribution in [1.29, 1.82) is 0 Å². The highest BCUT2D eigenvalue weighted by atomic mass is 19.2. The van der Waals surface area contributed by atoms with Crippen molar-refractivity contribution in [2.75, 3.05) is 19.8 Å². The van der Waals surface area contributed by atoms with Gasteiger partial charge >= 0.3 is 0 Å². The van der Waals surface area contributed by atoms with Crippen LogP contribution >= 0.6 is 0 Å². The molecule has 1 aliphatic heterocycles. The van der Waals surface area contributed by atoms with Gasteiger partial charge in [-0.1, -0.05) is 38.1 Å². The van der Waals surface area contributed by atoms with E-state index in [-0.39, 0.29) is 17.2 Å². The molecule has 1 saturated heterocycles. The Labute approximate surface area is 152 Å². The number of aryl methyl sites for hydroxylation is 1. The van der Waals surface area contributed by atoms with Gasteiger partial charge in [0.1, 0.15) is 0 Å². The predicted octanol–water partition coefficient (Wildman–Crippen LogP) is 5.15. The van der Waals surface area contributed by atoms with Crippen LogP contribution in [0.5, 0.6) is 5.75 Å². The minimum Gasteiger partial charge on any atom is -0.490 e. The summed E-state index contributed by atoms with van der Waals surface area (Å²) in [7, 11) is 0. The summed E-state index contributed by atoms with van der Waals surface area (Å²) < 4.78 is 45.1. The summed E-state index contributed by atoms with van der Waals surface area (Å²) in [5.74, 6) is -1.98. The molecule has 5 heteroatoms. The highest BCUT2D eigenvalue weighted by Gasteiger charge is 2.28. The SMILES string of the molecule is CCCOc1ccc(C2OCC(c3ccc(CC)cc3)CO2)c(F)c1F. The number of rotatable bonds is 6. The Morgan fingerprint density at radius 2 is 1.65 bits per heavy atom. The van der Waals surface area contributed by atoms with E-state index in [9.17, 15) is 8.78 Å².